The number of rotatable bonds is 3. The molecule has 1 aliphatic rings. The number of piperidine rings is 1. The van der Waals surface area contributed by atoms with Gasteiger partial charge in [0.1, 0.15) is 10.2 Å². The maximum Gasteiger partial charge on any atom is 0.287 e. The zero-order valence-corrected chi connectivity index (χ0v) is 16.2. The number of amides is 1. The van der Waals surface area contributed by atoms with Crippen LogP contribution in [0.25, 0.3) is 15.9 Å². The second-order valence-corrected chi connectivity index (χ2v) is 7.77. The summed E-state index contributed by atoms with van der Waals surface area (Å²) in [5.74, 6) is -0.155. The van der Waals surface area contributed by atoms with Crippen molar-refractivity contribution in [3.63, 3.8) is 0 Å². The minimum absolute atomic E-state index is 0.0643. The van der Waals surface area contributed by atoms with Crippen LogP contribution in [0.1, 0.15) is 29.4 Å². The minimum Gasteiger partial charge on any atom is -0.337 e. The second-order valence-electron chi connectivity index (χ2n) is 6.85. The average molecular weight is 407 g/mol. The van der Waals surface area contributed by atoms with Crippen molar-refractivity contribution < 1.29 is 4.79 Å². The Labute approximate surface area is 169 Å². The molecule has 1 amide bonds. The van der Waals surface area contributed by atoms with Crippen molar-refractivity contribution in [2.75, 3.05) is 13.1 Å². The van der Waals surface area contributed by atoms with Crippen molar-refractivity contribution in [2.45, 2.75) is 18.9 Å². The first-order valence-corrected chi connectivity index (χ1v) is 10.2. The molecule has 0 atom stereocenters. The Morgan fingerprint density at radius 2 is 1.90 bits per heavy atom. The van der Waals surface area contributed by atoms with E-state index in [2.05, 4.69) is 20.5 Å². The zero-order chi connectivity index (χ0) is 19.8. The fourth-order valence-corrected chi connectivity index (χ4v) is 4.30. The summed E-state index contributed by atoms with van der Waals surface area (Å²) in [6.07, 6.45) is 2.77. The number of likely N-dealkylation sites (tertiary alicyclic amines) is 1. The Balaban J connectivity index is 1.29. The highest BCUT2D eigenvalue weighted by atomic mass is 32.1. The van der Waals surface area contributed by atoms with E-state index in [0.717, 1.165) is 5.69 Å². The molecule has 10 heteroatoms. The summed E-state index contributed by atoms with van der Waals surface area (Å²) >= 11 is 1.38. The Hall–Kier alpha value is -3.40. The number of benzene rings is 1. The summed E-state index contributed by atoms with van der Waals surface area (Å²) < 4.78 is 2.09. The number of carbonyl (C=O) groups is 1. The van der Waals surface area contributed by atoms with E-state index < -0.39 is 0 Å². The van der Waals surface area contributed by atoms with Gasteiger partial charge in [-0.25, -0.2) is 4.68 Å². The number of nitrogens with zero attached hydrogens (tertiary/aromatic N) is 7. The topological polar surface area (TPSA) is 98.8 Å². The lowest BCUT2D eigenvalue weighted by molar-refractivity contribution is 0.0680. The Bertz CT molecular complexity index is 1220. The molecule has 4 aromatic rings. The fraction of sp³-hybridized carbons (Fsp3) is 0.263. The third-order valence-corrected chi connectivity index (χ3v) is 5.98. The van der Waals surface area contributed by atoms with Crippen molar-refractivity contribution in [1.82, 2.24) is 34.9 Å². The lowest BCUT2D eigenvalue weighted by atomic mass is 10.0. The van der Waals surface area contributed by atoms with Gasteiger partial charge in [0.15, 0.2) is 5.69 Å². The summed E-state index contributed by atoms with van der Waals surface area (Å²) in [7, 11) is 0. The van der Waals surface area contributed by atoms with Crippen LogP contribution in [-0.2, 0) is 0 Å². The molecule has 3 aromatic heterocycles. The molecule has 0 aliphatic carbocycles. The van der Waals surface area contributed by atoms with Gasteiger partial charge in [0.05, 0.1) is 17.9 Å². The van der Waals surface area contributed by atoms with Gasteiger partial charge in [-0.3, -0.25) is 9.59 Å². The van der Waals surface area contributed by atoms with Crippen molar-refractivity contribution in [3.8, 4) is 5.69 Å². The summed E-state index contributed by atoms with van der Waals surface area (Å²) in [5.41, 5.74) is 1.63. The number of fused-ring (bicyclic) bond motifs is 1. The van der Waals surface area contributed by atoms with E-state index in [-0.39, 0.29) is 17.5 Å². The van der Waals surface area contributed by atoms with Crippen LogP contribution in [0.3, 0.4) is 0 Å². The van der Waals surface area contributed by atoms with Crippen LogP contribution in [0.4, 0.5) is 0 Å². The number of hydrogen-bond acceptors (Lipinski definition) is 7. The molecule has 1 fully saturated rings. The Morgan fingerprint density at radius 1 is 1.10 bits per heavy atom. The molecule has 146 valence electrons. The van der Waals surface area contributed by atoms with Gasteiger partial charge in [0.25, 0.3) is 11.5 Å². The van der Waals surface area contributed by atoms with Gasteiger partial charge in [-0.15, -0.1) is 21.5 Å². The van der Waals surface area contributed by atoms with Crippen molar-refractivity contribution in [3.05, 3.63) is 64.0 Å². The smallest absolute Gasteiger partial charge is 0.287 e. The van der Waals surface area contributed by atoms with E-state index in [0.29, 0.717) is 41.8 Å². The van der Waals surface area contributed by atoms with Gasteiger partial charge in [-0.2, -0.15) is 9.90 Å². The quantitative estimate of drug-likeness (QED) is 0.514. The maximum absolute atomic E-state index is 12.8. The fourth-order valence-electron chi connectivity index (χ4n) is 3.54. The van der Waals surface area contributed by atoms with Gasteiger partial charge in [0, 0.05) is 13.1 Å². The van der Waals surface area contributed by atoms with Gasteiger partial charge in [-0.1, -0.05) is 23.4 Å². The molecule has 9 nitrogen and oxygen atoms in total. The molecular formula is C19H17N7O2S. The summed E-state index contributed by atoms with van der Waals surface area (Å²) in [6, 6.07) is 11.2. The van der Waals surface area contributed by atoms with Crippen molar-refractivity contribution >= 4 is 27.5 Å². The normalized spacial score (nSPS) is 15.1. The van der Waals surface area contributed by atoms with Crippen LogP contribution < -0.4 is 5.56 Å². The largest absolute Gasteiger partial charge is 0.337 e. The van der Waals surface area contributed by atoms with Gasteiger partial charge in [0.2, 0.25) is 0 Å². The van der Waals surface area contributed by atoms with Crippen LogP contribution in [0.15, 0.2) is 52.8 Å². The minimum atomic E-state index is -0.155. The van der Waals surface area contributed by atoms with Crippen LogP contribution in [0.5, 0.6) is 0 Å². The van der Waals surface area contributed by atoms with E-state index in [4.69, 9.17) is 0 Å². The molecule has 29 heavy (non-hydrogen) atoms. The molecule has 1 aromatic carbocycles. The molecule has 5 rings (SSSR count). The van der Waals surface area contributed by atoms with Crippen LogP contribution in [0, 0.1) is 0 Å². The van der Waals surface area contributed by atoms with E-state index >= 15 is 0 Å². The van der Waals surface area contributed by atoms with Crippen molar-refractivity contribution in [1.29, 1.82) is 0 Å². The molecule has 1 saturated heterocycles. The first-order chi connectivity index (χ1) is 14.2. The number of carbonyl (C=O) groups excluding carboxylic acids is 1. The average Bonchev–Trinajstić information content (AvgIpc) is 3.45. The highest BCUT2D eigenvalue weighted by Gasteiger charge is 2.28. The van der Waals surface area contributed by atoms with E-state index in [1.807, 2.05) is 35.7 Å². The first kappa shape index (κ1) is 17.7. The van der Waals surface area contributed by atoms with Gasteiger partial charge in [-0.05, 0) is 36.4 Å². The molecule has 0 spiro atoms. The van der Waals surface area contributed by atoms with Crippen LogP contribution in [-0.4, -0.2) is 53.9 Å². The standard InChI is InChI=1S/C19H17N7O2S/c27-18(16-12-20-26(22-16)14-4-2-1-3-5-14)24-9-6-13(7-10-24)25-19(28)17-15(21-23-25)8-11-29-17/h1-5,8,11-13H,6-7,9-10H2. The number of aromatic nitrogens is 6. The highest BCUT2D eigenvalue weighted by molar-refractivity contribution is 7.17. The summed E-state index contributed by atoms with van der Waals surface area (Å²) in [6.45, 7) is 1.05. The van der Waals surface area contributed by atoms with Crippen molar-refractivity contribution in [2.24, 2.45) is 0 Å². The van der Waals surface area contributed by atoms with E-state index in [1.54, 1.807) is 11.0 Å². The summed E-state index contributed by atoms with van der Waals surface area (Å²) in [5, 5.41) is 18.6. The lowest BCUT2D eigenvalue weighted by Crippen LogP contribution is -2.41. The third kappa shape index (κ3) is 3.21. The molecule has 0 saturated carbocycles. The molecule has 1 aliphatic heterocycles. The number of hydrogen-bond donors (Lipinski definition) is 0. The maximum atomic E-state index is 12.8. The Kier molecular flexibility index (Phi) is 4.39. The van der Waals surface area contributed by atoms with E-state index in [1.165, 1.54) is 27.0 Å². The first-order valence-electron chi connectivity index (χ1n) is 9.30. The SMILES string of the molecule is O=C(c1cnn(-c2ccccc2)n1)N1CCC(n2nnc3ccsc3c2=O)CC1. The van der Waals surface area contributed by atoms with Gasteiger partial charge >= 0.3 is 0 Å². The van der Waals surface area contributed by atoms with Crippen LogP contribution in [0.2, 0.25) is 0 Å². The second kappa shape index (κ2) is 7.21. The predicted molar refractivity (Wildman–Crippen MR) is 107 cm³/mol. The molecule has 0 radical (unpaired) electrons. The summed E-state index contributed by atoms with van der Waals surface area (Å²) in [4.78, 5) is 28.6. The number of thiophene rings is 1. The monoisotopic (exact) mass is 407 g/mol. The predicted octanol–water partition coefficient (Wildman–Crippen LogP) is 1.91. The Morgan fingerprint density at radius 3 is 2.69 bits per heavy atom. The zero-order valence-electron chi connectivity index (χ0n) is 15.4. The van der Waals surface area contributed by atoms with Gasteiger partial charge < -0.3 is 4.90 Å². The third-order valence-electron chi connectivity index (χ3n) is 5.09. The van der Waals surface area contributed by atoms with E-state index in [9.17, 15) is 9.59 Å². The molecule has 4 heterocycles. The lowest BCUT2D eigenvalue weighted by Gasteiger charge is -2.31. The number of para-hydroxylation sites is 1. The molecule has 0 unspecified atom stereocenters. The highest BCUT2D eigenvalue weighted by Crippen LogP contribution is 2.22. The molecule has 0 bridgehead atoms. The van der Waals surface area contributed by atoms with Crippen LogP contribution >= 0.6 is 11.3 Å². The molecular weight excluding hydrogens is 390 g/mol. The molecule has 0 N–H and O–H groups in total.